The summed E-state index contributed by atoms with van der Waals surface area (Å²) in [6, 6.07) is 3.40. The number of aryl methyl sites for hydroxylation is 1. The number of nitrogen functional groups attached to an aromatic ring is 2. The topological polar surface area (TPSA) is 129 Å². The first-order chi connectivity index (χ1) is 11.3. The van der Waals surface area contributed by atoms with Crippen LogP contribution < -0.4 is 21.5 Å². The number of benzene rings is 1. The largest absolute Gasteiger partial charge is 0.495 e. The number of hydrogen-bond acceptors (Lipinski definition) is 8. The number of carbonyl (C=O) groups is 1. The Morgan fingerprint density at radius 2 is 1.92 bits per heavy atom. The lowest BCUT2D eigenvalue weighted by Gasteiger charge is -2.15. The molecular formula is C14H17ClN6O2S. The molecule has 0 aliphatic rings. The van der Waals surface area contributed by atoms with Gasteiger partial charge < -0.3 is 21.5 Å². The number of thioether (sulfide) groups is 1. The average molecular weight is 369 g/mol. The van der Waals surface area contributed by atoms with Crippen molar-refractivity contribution in [2.45, 2.75) is 24.3 Å². The Balaban J connectivity index is 2.13. The Hall–Kier alpha value is -2.26. The molecule has 1 atom stereocenters. The quantitative estimate of drug-likeness (QED) is 0.684. The molecule has 8 nitrogen and oxygen atoms in total. The third-order valence-electron chi connectivity index (χ3n) is 3.04. The number of nitrogens with one attached hydrogen (secondary N) is 1. The zero-order valence-electron chi connectivity index (χ0n) is 13.3. The molecule has 10 heteroatoms. The van der Waals surface area contributed by atoms with E-state index in [1.807, 2.05) is 6.92 Å². The highest BCUT2D eigenvalue weighted by Crippen LogP contribution is 2.31. The van der Waals surface area contributed by atoms with Crippen molar-refractivity contribution in [2.24, 2.45) is 0 Å². The minimum absolute atomic E-state index is 0.00704. The molecule has 0 saturated heterocycles. The number of hydrogen-bond donors (Lipinski definition) is 3. The smallest absolute Gasteiger partial charge is 0.237 e. The van der Waals surface area contributed by atoms with Gasteiger partial charge in [0.25, 0.3) is 0 Å². The van der Waals surface area contributed by atoms with Crippen molar-refractivity contribution in [1.29, 1.82) is 0 Å². The maximum absolute atomic E-state index is 12.4. The molecule has 0 unspecified atom stereocenters. The van der Waals surface area contributed by atoms with Gasteiger partial charge in [-0.1, -0.05) is 23.4 Å². The minimum Gasteiger partial charge on any atom is -0.495 e. The first kappa shape index (κ1) is 18.1. The first-order valence-electron chi connectivity index (χ1n) is 6.89. The van der Waals surface area contributed by atoms with Crippen LogP contribution in [0.3, 0.4) is 0 Å². The fourth-order valence-electron chi connectivity index (χ4n) is 1.82. The van der Waals surface area contributed by atoms with Gasteiger partial charge in [0.2, 0.25) is 17.8 Å². The number of aromatic nitrogens is 3. The molecule has 1 aromatic heterocycles. The van der Waals surface area contributed by atoms with Crippen LogP contribution in [0.25, 0.3) is 0 Å². The molecule has 0 spiro atoms. The molecule has 1 aromatic carbocycles. The Bertz CT molecular complexity index is 753. The van der Waals surface area contributed by atoms with Crippen LogP contribution in [0, 0.1) is 6.92 Å². The SMILES string of the molecule is COc1cc(Cl)c(C)cc1NC(=O)[C@@H](C)Sc1nc(N)nc(N)n1. The second kappa shape index (κ2) is 7.54. The monoisotopic (exact) mass is 368 g/mol. The predicted octanol–water partition coefficient (Wildman–Crippen LogP) is 2.13. The van der Waals surface area contributed by atoms with Gasteiger partial charge in [0.15, 0.2) is 5.16 Å². The molecule has 0 saturated carbocycles. The van der Waals surface area contributed by atoms with E-state index >= 15 is 0 Å². The summed E-state index contributed by atoms with van der Waals surface area (Å²) in [6.45, 7) is 3.55. The zero-order chi connectivity index (χ0) is 17.9. The molecule has 128 valence electrons. The number of ether oxygens (including phenoxy) is 1. The van der Waals surface area contributed by atoms with E-state index in [0.717, 1.165) is 17.3 Å². The van der Waals surface area contributed by atoms with Crippen LogP contribution >= 0.6 is 23.4 Å². The lowest BCUT2D eigenvalue weighted by atomic mass is 10.2. The van der Waals surface area contributed by atoms with Crippen molar-refractivity contribution >= 4 is 46.9 Å². The van der Waals surface area contributed by atoms with E-state index in [1.54, 1.807) is 19.1 Å². The molecule has 0 fully saturated rings. The van der Waals surface area contributed by atoms with Crippen molar-refractivity contribution in [3.63, 3.8) is 0 Å². The van der Waals surface area contributed by atoms with E-state index in [-0.39, 0.29) is 23.0 Å². The van der Waals surface area contributed by atoms with Gasteiger partial charge in [-0.3, -0.25) is 4.79 Å². The summed E-state index contributed by atoms with van der Waals surface area (Å²) < 4.78 is 5.24. The van der Waals surface area contributed by atoms with E-state index in [9.17, 15) is 4.79 Å². The number of methoxy groups -OCH3 is 1. The molecule has 0 bridgehead atoms. The van der Waals surface area contributed by atoms with Gasteiger partial charge in [-0.2, -0.15) is 15.0 Å². The van der Waals surface area contributed by atoms with Crippen LogP contribution in [0.4, 0.5) is 17.6 Å². The summed E-state index contributed by atoms with van der Waals surface area (Å²) in [7, 11) is 1.51. The van der Waals surface area contributed by atoms with Crippen LogP contribution in [-0.2, 0) is 4.79 Å². The van der Waals surface area contributed by atoms with Crippen molar-refractivity contribution in [2.75, 3.05) is 23.9 Å². The Kier molecular flexibility index (Phi) is 5.68. The van der Waals surface area contributed by atoms with Crippen LogP contribution in [0.15, 0.2) is 17.3 Å². The molecule has 5 N–H and O–H groups in total. The zero-order valence-corrected chi connectivity index (χ0v) is 14.9. The summed E-state index contributed by atoms with van der Waals surface area (Å²) >= 11 is 7.18. The third kappa shape index (κ3) is 4.39. The second-order valence-electron chi connectivity index (χ2n) is 4.89. The fraction of sp³-hybridized carbons (Fsp3) is 0.286. The summed E-state index contributed by atoms with van der Waals surface area (Å²) in [5, 5.41) is 3.15. The molecule has 1 amide bonds. The maximum atomic E-state index is 12.4. The average Bonchev–Trinajstić information content (AvgIpc) is 2.49. The van der Waals surface area contributed by atoms with Gasteiger partial charge in [0.1, 0.15) is 5.75 Å². The standard InChI is InChI=1S/C14H17ClN6O2S/c1-6-4-9(10(23-3)5-8(6)15)18-11(22)7(2)24-14-20-12(16)19-13(17)21-14/h4-5,7H,1-3H3,(H,18,22)(H4,16,17,19,20,21)/t7-/m1/s1. The lowest BCUT2D eigenvalue weighted by Crippen LogP contribution is -2.23. The highest BCUT2D eigenvalue weighted by molar-refractivity contribution is 8.00. The van der Waals surface area contributed by atoms with Gasteiger partial charge in [-0.25, -0.2) is 0 Å². The summed E-state index contributed by atoms with van der Waals surface area (Å²) in [6.07, 6.45) is 0. The third-order valence-corrected chi connectivity index (χ3v) is 4.41. The Morgan fingerprint density at radius 1 is 1.29 bits per heavy atom. The number of rotatable bonds is 5. The van der Waals surface area contributed by atoms with Crippen molar-refractivity contribution < 1.29 is 9.53 Å². The number of nitrogens with zero attached hydrogens (tertiary/aromatic N) is 3. The number of anilines is 3. The summed E-state index contributed by atoms with van der Waals surface area (Å²) in [4.78, 5) is 24.0. The van der Waals surface area contributed by atoms with E-state index < -0.39 is 5.25 Å². The molecule has 0 aliphatic carbocycles. The van der Waals surface area contributed by atoms with Crippen molar-refractivity contribution in [1.82, 2.24) is 15.0 Å². The van der Waals surface area contributed by atoms with Gasteiger partial charge in [0.05, 0.1) is 18.0 Å². The normalized spacial score (nSPS) is 11.8. The predicted molar refractivity (Wildman–Crippen MR) is 95.3 cm³/mol. The summed E-state index contributed by atoms with van der Waals surface area (Å²) in [5.41, 5.74) is 12.4. The van der Waals surface area contributed by atoms with Crippen LogP contribution in [0.5, 0.6) is 5.75 Å². The van der Waals surface area contributed by atoms with E-state index in [4.69, 9.17) is 27.8 Å². The second-order valence-corrected chi connectivity index (χ2v) is 6.60. The molecule has 0 radical (unpaired) electrons. The number of halogens is 1. The highest BCUT2D eigenvalue weighted by atomic mass is 35.5. The summed E-state index contributed by atoms with van der Waals surface area (Å²) in [5.74, 6) is 0.239. The van der Waals surface area contributed by atoms with E-state index in [2.05, 4.69) is 20.3 Å². The van der Waals surface area contributed by atoms with Gasteiger partial charge >= 0.3 is 0 Å². The molecule has 2 aromatic rings. The van der Waals surface area contributed by atoms with Gasteiger partial charge in [-0.15, -0.1) is 0 Å². The maximum Gasteiger partial charge on any atom is 0.237 e. The van der Waals surface area contributed by atoms with Gasteiger partial charge in [0, 0.05) is 11.1 Å². The van der Waals surface area contributed by atoms with E-state index in [0.29, 0.717) is 16.5 Å². The number of amides is 1. The van der Waals surface area contributed by atoms with E-state index in [1.165, 1.54) is 7.11 Å². The number of nitrogens with two attached hydrogens (primary N) is 2. The molecule has 0 aliphatic heterocycles. The lowest BCUT2D eigenvalue weighted by molar-refractivity contribution is -0.115. The highest BCUT2D eigenvalue weighted by Gasteiger charge is 2.19. The first-order valence-corrected chi connectivity index (χ1v) is 8.14. The molecule has 24 heavy (non-hydrogen) atoms. The van der Waals surface area contributed by atoms with Crippen LogP contribution in [0.2, 0.25) is 5.02 Å². The minimum atomic E-state index is -0.494. The Labute approximate surface area is 148 Å². The van der Waals surface area contributed by atoms with Crippen LogP contribution in [0.1, 0.15) is 12.5 Å². The van der Waals surface area contributed by atoms with Crippen molar-refractivity contribution in [3.05, 3.63) is 22.7 Å². The molecular weight excluding hydrogens is 352 g/mol. The number of carbonyl (C=O) groups excluding carboxylic acids is 1. The fourth-order valence-corrected chi connectivity index (χ4v) is 2.75. The van der Waals surface area contributed by atoms with Crippen LogP contribution in [-0.4, -0.2) is 33.2 Å². The molecule has 1 heterocycles. The Morgan fingerprint density at radius 3 is 2.50 bits per heavy atom. The van der Waals surface area contributed by atoms with Gasteiger partial charge in [-0.05, 0) is 25.5 Å². The van der Waals surface area contributed by atoms with Crippen molar-refractivity contribution in [3.8, 4) is 5.75 Å². The molecule has 2 rings (SSSR count).